The fourth-order valence-corrected chi connectivity index (χ4v) is 1.69. The van der Waals surface area contributed by atoms with E-state index in [1.165, 1.54) is 13.2 Å². The van der Waals surface area contributed by atoms with E-state index in [4.69, 9.17) is 9.47 Å². The van der Waals surface area contributed by atoms with Crippen LogP contribution in [0.1, 0.15) is 6.42 Å². The molecule has 0 amide bonds. The number of methoxy groups -OCH3 is 1. The highest BCUT2D eigenvalue weighted by Gasteiger charge is 2.46. The van der Waals surface area contributed by atoms with E-state index in [2.05, 4.69) is 6.58 Å². The van der Waals surface area contributed by atoms with E-state index in [9.17, 15) is 20.4 Å². The highest BCUT2D eigenvalue weighted by molar-refractivity contribution is 4.93. The van der Waals surface area contributed by atoms with Crippen LogP contribution in [0.4, 0.5) is 0 Å². The molecule has 0 radical (unpaired) electrons. The summed E-state index contributed by atoms with van der Waals surface area (Å²) in [7, 11) is 1.30. The molecular weight excluding hydrogens is 216 g/mol. The first-order valence-electron chi connectivity index (χ1n) is 5.04. The molecule has 1 aliphatic heterocycles. The van der Waals surface area contributed by atoms with E-state index < -0.39 is 36.8 Å². The maximum absolute atomic E-state index is 9.66. The summed E-state index contributed by atoms with van der Waals surface area (Å²) in [6.07, 6.45) is -5.52. The molecule has 6 nitrogen and oxygen atoms in total. The van der Waals surface area contributed by atoms with E-state index in [1.54, 1.807) is 0 Å². The Morgan fingerprint density at radius 1 is 1.31 bits per heavy atom. The molecule has 0 aromatic heterocycles. The summed E-state index contributed by atoms with van der Waals surface area (Å²) in [5.74, 6) is 0. The van der Waals surface area contributed by atoms with Crippen LogP contribution in [-0.2, 0) is 9.47 Å². The van der Waals surface area contributed by atoms with Crippen molar-refractivity contribution in [3.63, 3.8) is 0 Å². The van der Waals surface area contributed by atoms with Crippen LogP contribution in [0.25, 0.3) is 0 Å². The predicted octanol–water partition coefficient (Wildman–Crippen LogP) is -1.62. The van der Waals surface area contributed by atoms with Gasteiger partial charge in [-0.25, -0.2) is 0 Å². The van der Waals surface area contributed by atoms with Crippen molar-refractivity contribution in [1.29, 1.82) is 0 Å². The van der Waals surface area contributed by atoms with Gasteiger partial charge in [0.25, 0.3) is 0 Å². The van der Waals surface area contributed by atoms with Gasteiger partial charge in [0.2, 0.25) is 0 Å². The smallest absolute Gasteiger partial charge is 0.186 e. The monoisotopic (exact) mass is 234 g/mol. The second-order valence-corrected chi connectivity index (χ2v) is 3.77. The Bertz CT molecular complexity index is 231. The molecule has 0 spiro atoms. The molecule has 0 bridgehead atoms. The minimum Gasteiger partial charge on any atom is -0.390 e. The highest BCUT2D eigenvalue weighted by Crippen LogP contribution is 2.24. The van der Waals surface area contributed by atoms with Gasteiger partial charge in [-0.05, 0) is 6.42 Å². The Morgan fingerprint density at radius 3 is 2.44 bits per heavy atom. The lowest BCUT2D eigenvalue weighted by Gasteiger charge is -2.41. The molecule has 16 heavy (non-hydrogen) atoms. The number of ether oxygens (including phenoxy) is 2. The van der Waals surface area contributed by atoms with Crippen LogP contribution in [-0.4, -0.2) is 64.3 Å². The van der Waals surface area contributed by atoms with Crippen molar-refractivity contribution >= 4 is 0 Å². The van der Waals surface area contributed by atoms with Crippen molar-refractivity contribution in [1.82, 2.24) is 0 Å². The molecule has 1 heterocycles. The third-order valence-electron chi connectivity index (χ3n) is 2.63. The Morgan fingerprint density at radius 2 is 1.94 bits per heavy atom. The molecule has 6 atom stereocenters. The standard InChI is InChI=1S/C10H18O6/c1-3-4-5(11)9-7(13)6(12)8(14)10(15-2)16-9/h3,5-14H,1,4H2,2H3/t5?,6-,7+,8+,9+,10-/m0/s1. The third-order valence-corrected chi connectivity index (χ3v) is 2.63. The van der Waals surface area contributed by atoms with Gasteiger partial charge in [0.1, 0.15) is 24.4 Å². The van der Waals surface area contributed by atoms with Crippen molar-refractivity contribution in [2.24, 2.45) is 0 Å². The lowest BCUT2D eigenvalue weighted by atomic mass is 9.94. The van der Waals surface area contributed by atoms with Gasteiger partial charge < -0.3 is 29.9 Å². The van der Waals surface area contributed by atoms with Gasteiger partial charge in [0, 0.05) is 7.11 Å². The van der Waals surface area contributed by atoms with Crippen molar-refractivity contribution in [2.75, 3.05) is 7.11 Å². The lowest BCUT2D eigenvalue weighted by Crippen LogP contribution is -2.60. The molecule has 1 saturated heterocycles. The molecule has 1 unspecified atom stereocenters. The topological polar surface area (TPSA) is 99.4 Å². The van der Waals surface area contributed by atoms with Crippen molar-refractivity contribution in [2.45, 2.75) is 43.2 Å². The average molecular weight is 234 g/mol. The molecule has 0 saturated carbocycles. The van der Waals surface area contributed by atoms with Gasteiger partial charge in [-0.2, -0.15) is 0 Å². The summed E-state index contributed by atoms with van der Waals surface area (Å²) in [6.45, 7) is 3.45. The van der Waals surface area contributed by atoms with Gasteiger partial charge in [-0.3, -0.25) is 0 Å². The SMILES string of the molecule is C=CCC(O)[C@H]1O[C@H](OC)[C@H](O)[C@@H](O)[C@H]1O. The zero-order valence-corrected chi connectivity index (χ0v) is 9.06. The van der Waals surface area contributed by atoms with Crippen LogP contribution in [0, 0.1) is 0 Å². The number of aliphatic hydroxyl groups excluding tert-OH is 4. The van der Waals surface area contributed by atoms with Crippen LogP contribution < -0.4 is 0 Å². The summed E-state index contributed by atoms with van der Waals surface area (Å²) in [5, 5.41) is 38.3. The Kier molecular flexibility index (Phi) is 4.85. The summed E-state index contributed by atoms with van der Waals surface area (Å²) < 4.78 is 9.97. The molecule has 1 rings (SSSR count). The molecule has 0 aliphatic carbocycles. The number of hydrogen-bond acceptors (Lipinski definition) is 6. The van der Waals surface area contributed by atoms with E-state index in [0.717, 1.165) is 0 Å². The van der Waals surface area contributed by atoms with E-state index in [-0.39, 0.29) is 6.42 Å². The molecule has 4 N–H and O–H groups in total. The average Bonchev–Trinajstić information content (AvgIpc) is 2.27. The molecule has 6 heteroatoms. The maximum Gasteiger partial charge on any atom is 0.186 e. The van der Waals surface area contributed by atoms with Crippen LogP contribution in [0.2, 0.25) is 0 Å². The quantitative estimate of drug-likeness (QED) is 0.436. The summed E-state index contributed by atoms with van der Waals surface area (Å²) in [4.78, 5) is 0. The second kappa shape index (κ2) is 5.72. The molecule has 1 fully saturated rings. The van der Waals surface area contributed by atoms with Gasteiger partial charge in [0.15, 0.2) is 6.29 Å². The van der Waals surface area contributed by atoms with E-state index in [0.29, 0.717) is 0 Å². The zero-order chi connectivity index (χ0) is 12.3. The van der Waals surface area contributed by atoms with Crippen LogP contribution >= 0.6 is 0 Å². The molecule has 0 aromatic rings. The highest BCUT2D eigenvalue weighted by atomic mass is 16.7. The number of aliphatic hydroxyl groups is 4. The molecule has 94 valence electrons. The Balaban J connectivity index is 2.73. The minimum atomic E-state index is -1.41. The van der Waals surface area contributed by atoms with Crippen molar-refractivity contribution < 1.29 is 29.9 Å². The fourth-order valence-electron chi connectivity index (χ4n) is 1.69. The summed E-state index contributed by atoms with van der Waals surface area (Å²) >= 11 is 0. The minimum absolute atomic E-state index is 0.209. The summed E-state index contributed by atoms with van der Waals surface area (Å²) in [5.41, 5.74) is 0. The summed E-state index contributed by atoms with van der Waals surface area (Å²) in [6, 6.07) is 0. The fraction of sp³-hybridized carbons (Fsp3) is 0.800. The van der Waals surface area contributed by atoms with Crippen LogP contribution in [0.15, 0.2) is 12.7 Å². The van der Waals surface area contributed by atoms with E-state index >= 15 is 0 Å². The molecule has 0 aromatic carbocycles. The van der Waals surface area contributed by atoms with Gasteiger partial charge in [-0.1, -0.05) is 6.08 Å². The first-order valence-corrected chi connectivity index (χ1v) is 5.04. The lowest BCUT2D eigenvalue weighted by molar-refractivity contribution is -0.303. The van der Waals surface area contributed by atoms with Gasteiger partial charge in [0.05, 0.1) is 6.10 Å². The number of rotatable bonds is 4. The van der Waals surface area contributed by atoms with Gasteiger partial charge in [-0.15, -0.1) is 6.58 Å². The maximum atomic E-state index is 9.66. The Labute approximate surface area is 93.7 Å². The van der Waals surface area contributed by atoms with Crippen molar-refractivity contribution in [3.05, 3.63) is 12.7 Å². The number of hydrogen-bond donors (Lipinski definition) is 4. The third kappa shape index (κ3) is 2.60. The molecular formula is C10H18O6. The Hall–Kier alpha value is -0.500. The first-order chi connectivity index (χ1) is 7.52. The predicted molar refractivity (Wildman–Crippen MR) is 54.5 cm³/mol. The second-order valence-electron chi connectivity index (χ2n) is 3.77. The van der Waals surface area contributed by atoms with Crippen molar-refractivity contribution in [3.8, 4) is 0 Å². The normalized spacial score (nSPS) is 41.7. The molecule has 1 aliphatic rings. The van der Waals surface area contributed by atoms with Crippen LogP contribution in [0.5, 0.6) is 0 Å². The van der Waals surface area contributed by atoms with E-state index in [1.807, 2.05) is 0 Å². The first kappa shape index (κ1) is 13.6. The largest absolute Gasteiger partial charge is 0.390 e. The zero-order valence-electron chi connectivity index (χ0n) is 9.06. The van der Waals surface area contributed by atoms with Gasteiger partial charge >= 0.3 is 0 Å². The van der Waals surface area contributed by atoms with Crippen LogP contribution in [0.3, 0.4) is 0 Å².